The van der Waals surface area contributed by atoms with Gasteiger partial charge in [-0.25, -0.2) is 8.42 Å². The van der Waals surface area contributed by atoms with E-state index >= 15 is 0 Å². The van der Waals surface area contributed by atoms with Crippen LogP contribution in [0, 0.1) is 10.8 Å². The second-order valence-electron chi connectivity index (χ2n) is 11.3. The molecule has 1 unspecified atom stereocenters. The van der Waals surface area contributed by atoms with Gasteiger partial charge in [0, 0.05) is 41.0 Å². The number of azide groups is 1. The molecule has 0 saturated heterocycles. The lowest BCUT2D eigenvalue weighted by molar-refractivity contribution is -0.889. The molecule has 0 aliphatic rings. The highest BCUT2D eigenvalue weighted by molar-refractivity contribution is 7.85. The van der Waals surface area contributed by atoms with Crippen molar-refractivity contribution in [1.29, 1.82) is 0 Å². The third-order valence-corrected chi connectivity index (χ3v) is 7.46. The maximum absolute atomic E-state index is 13.1. The Labute approximate surface area is 227 Å². The van der Waals surface area contributed by atoms with Gasteiger partial charge in [-0.2, -0.15) is 0 Å². The van der Waals surface area contributed by atoms with Gasteiger partial charge in [0.15, 0.2) is 0 Å². The van der Waals surface area contributed by atoms with Crippen LogP contribution in [0.15, 0.2) is 5.11 Å². The number of carbonyl (C=O) groups is 3. The summed E-state index contributed by atoms with van der Waals surface area (Å²) in [5.74, 6) is -0.980. The molecule has 0 rings (SSSR count). The molecule has 38 heavy (non-hydrogen) atoms. The summed E-state index contributed by atoms with van der Waals surface area (Å²) in [6.45, 7) is 9.64. The lowest BCUT2D eigenvalue weighted by atomic mass is 9.71. The molecular weight excluding hydrogens is 514 g/mol. The van der Waals surface area contributed by atoms with E-state index in [0.717, 1.165) is 19.3 Å². The average molecular weight is 562 g/mol. The molecular formula is C24H47N7O6S. The maximum Gasteiger partial charge on any atom is 0.226 e. The molecule has 0 aliphatic heterocycles. The summed E-state index contributed by atoms with van der Waals surface area (Å²) in [4.78, 5) is 39.8. The van der Waals surface area contributed by atoms with Crippen molar-refractivity contribution < 1.29 is 31.8 Å². The van der Waals surface area contributed by atoms with Crippen LogP contribution >= 0.6 is 0 Å². The summed E-state index contributed by atoms with van der Waals surface area (Å²) in [7, 11) is -0.403. The van der Waals surface area contributed by atoms with Gasteiger partial charge < -0.3 is 25.0 Å². The van der Waals surface area contributed by atoms with Crippen molar-refractivity contribution in [1.82, 2.24) is 16.0 Å². The topological polar surface area (TPSA) is 193 Å². The SMILES string of the molecule is CCC(C)(CC(C)(C)C(=O)NCCCCCNC(=O)CN=[N+]=[N-])C(=O)NCC[N+](C)(C)CCCS(=O)(=O)[O-]. The number of amides is 3. The number of quaternary nitrogens is 1. The highest BCUT2D eigenvalue weighted by atomic mass is 32.2. The highest BCUT2D eigenvalue weighted by Gasteiger charge is 2.40. The van der Waals surface area contributed by atoms with Gasteiger partial charge in [-0.1, -0.05) is 32.8 Å². The number of rotatable bonds is 20. The second kappa shape index (κ2) is 16.5. The predicted molar refractivity (Wildman–Crippen MR) is 145 cm³/mol. The van der Waals surface area contributed by atoms with Crippen LogP contribution in [0.2, 0.25) is 0 Å². The Bertz CT molecular complexity index is 933. The van der Waals surface area contributed by atoms with E-state index in [9.17, 15) is 27.4 Å². The zero-order chi connectivity index (χ0) is 29.5. The van der Waals surface area contributed by atoms with Crippen molar-refractivity contribution in [2.24, 2.45) is 15.9 Å². The Balaban J connectivity index is 4.55. The minimum atomic E-state index is -4.23. The summed E-state index contributed by atoms with van der Waals surface area (Å²) in [6, 6.07) is 0. The fourth-order valence-electron chi connectivity index (χ4n) is 4.14. The molecule has 0 bridgehead atoms. The molecule has 1 atom stereocenters. The van der Waals surface area contributed by atoms with Gasteiger partial charge in [-0.3, -0.25) is 14.4 Å². The molecule has 0 fully saturated rings. The van der Waals surface area contributed by atoms with Gasteiger partial charge in [-0.15, -0.1) is 0 Å². The fourth-order valence-corrected chi connectivity index (χ4v) is 4.62. The van der Waals surface area contributed by atoms with Crippen molar-refractivity contribution in [3.8, 4) is 0 Å². The zero-order valence-corrected chi connectivity index (χ0v) is 24.7. The second-order valence-corrected chi connectivity index (χ2v) is 12.8. The van der Waals surface area contributed by atoms with Crippen LogP contribution in [0.4, 0.5) is 0 Å². The van der Waals surface area contributed by atoms with Crippen molar-refractivity contribution in [2.75, 3.05) is 59.1 Å². The predicted octanol–water partition coefficient (Wildman–Crippen LogP) is 1.66. The third-order valence-electron chi connectivity index (χ3n) is 6.67. The third kappa shape index (κ3) is 15.8. The van der Waals surface area contributed by atoms with E-state index in [-0.39, 0.29) is 30.7 Å². The van der Waals surface area contributed by atoms with Crippen LogP contribution in [0.1, 0.15) is 66.2 Å². The van der Waals surface area contributed by atoms with E-state index in [0.29, 0.717) is 50.0 Å². The molecule has 14 heteroatoms. The van der Waals surface area contributed by atoms with Crippen LogP contribution in [0.25, 0.3) is 10.4 Å². The van der Waals surface area contributed by atoms with E-state index in [1.165, 1.54) is 0 Å². The molecule has 13 nitrogen and oxygen atoms in total. The summed E-state index contributed by atoms with van der Waals surface area (Å²) in [6.07, 6.45) is 3.47. The molecule has 0 heterocycles. The zero-order valence-electron chi connectivity index (χ0n) is 23.8. The Morgan fingerprint density at radius 2 is 1.50 bits per heavy atom. The number of nitrogens with one attached hydrogen (secondary N) is 3. The molecule has 3 amide bonds. The van der Waals surface area contributed by atoms with Crippen LogP contribution in [-0.4, -0.2) is 94.3 Å². The molecule has 0 aromatic heterocycles. The summed E-state index contributed by atoms with van der Waals surface area (Å²) >= 11 is 0. The van der Waals surface area contributed by atoms with E-state index in [4.69, 9.17) is 5.53 Å². The number of nitrogens with zero attached hydrogens (tertiary/aromatic N) is 4. The normalized spacial score (nSPS) is 13.7. The standard InChI is InChI=1S/C24H47N7O6S/c1-7-24(4,22(34)28-14-16-31(5,6)15-11-17-38(35,36)37)19-23(2,3)21(33)27-13-10-8-9-12-26-20(32)18-29-30-25/h7-19H2,1-6H3,(H3-,26,27,28,32,33,34,35,36,37). The van der Waals surface area contributed by atoms with Gasteiger partial charge in [0.25, 0.3) is 0 Å². The van der Waals surface area contributed by atoms with Gasteiger partial charge in [-0.05, 0) is 37.6 Å². The van der Waals surface area contributed by atoms with Crippen LogP contribution in [0.5, 0.6) is 0 Å². The first-order chi connectivity index (χ1) is 17.5. The van der Waals surface area contributed by atoms with Crippen molar-refractivity contribution in [3.63, 3.8) is 0 Å². The molecule has 0 aromatic rings. The quantitative estimate of drug-likeness (QED) is 0.0505. The number of carbonyl (C=O) groups excluding carboxylic acids is 3. The van der Waals surface area contributed by atoms with E-state index in [1.54, 1.807) is 0 Å². The van der Waals surface area contributed by atoms with Gasteiger partial charge in [0.05, 0.1) is 43.8 Å². The molecule has 0 spiro atoms. The Kier molecular flexibility index (Phi) is 15.5. The van der Waals surface area contributed by atoms with Gasteiger partial charge >= 0.3 is 0 Å². The lowest BCUT2D eigenvalue weighted by Gasteiger charge is -2.36. The number of unbranched alkanes of at least 4 members (excludes halogenated alkanes) is 2. The first kappa shape index (κ1) is 35.6. The summed E-state index contributed by atoms with van der Waals surface area (Å²) in [5, 5.41) is 11.8. The van der Waals surface area contributed by atoms with Crippen molar-refractivity contribution >= 4 is 27.8 Å². The largest absolute Gasteiger partial charge is 0.748 e. The summed E-state index contributed by atoms with van der Waals surface area (Å²) in [5.41, 5.74) is 6.68. The Hall–Kier alpha value is -2.41. The van der Waals surface area contributed by atoms with E-state index in [1.807, 2.05) is 41.8 Å². The highest BCUT2D eigenvalue weighted by Crippen LogP contribution is 2.37. The van der Waals surface area contributed by atoms with E-state index < -0.39 is 26.7 Å². The fraction of sp³-hybridized carbons (Fsp3) is 0.875. The minimum absolute atomic E-state index is 0.126. The van der Waals surface area contributed by atoms with Crippen LogP contribution in [-0.2, 0) is 24.5 Å². The first-order valence-electron chi connectivity index (χ1n) is 13.1. The lowest BCUT2D eigenvalue weighted by Crippen LogP contribution is -2.50. The Morgan fingerprint density at radius 3 is 2.05 bits per heavy atom. The van der Waals surface area contributed by atoms with Crippen molar-refractivity contribution in [3.05, 3.63) is 10.4 Å². The monoisotopic (exact) mass is 561 g/mol. The van der Waals surface area contributed by atoms with Gasteiger partial charge in [0.2, 0.25) is 17.7 Å². The van der Waals surface area contributed by atoms with Gasteiger partial charge in [0.1, 0.15) is 6.54 Å². The molecule has 220 valence electrons. The number of likely N-dealkylation sites (N-methyl/N-ethyl adjacent to an activating group) is 1. The van der Waals surface area contributed by atoms with Crippen molar-refractivity contribution in [2.45, 2.75) is 66.2 Å². The smallest absolute Gasteiger partial charge is 0.226 e. The molecule has 0 radical (unpaired) electrons. The molecule has 0 aromatic carbocycles. The summed E-state index contributed by atoms with van der Waals surface area (Å²) < 4.78 is 32.9. The first-order valence-corrected chi connectivity index (χ1v) is 14.7. The maximum atomic E-state index is 13.1. The Morgan fingerprint density at radius 1 is 0.921 bits per heavy atom. The van der Waals surface area contributed by atoms with Crippen LogP contribution < -0.4 is 16.0 Å². The number of hydrogen-bond acceptors (Lipinski definition) is 7. The minimum Gasteiger partial charge on any atom is -0.748 e. The molecule has 0 saturated carbocycles. The average Bonchev–Trinajstić information content (AvgIpc) is 2.80. The van der Waals surface area contributed by atoms with E-state index in [2.05, 4.69) is 26.0 Å². The number of hydrogen-bond donors (Lipinski definition) is 3. The molecule has 0 aliphatic carbocycles. The molecule has 3 N–H and O–H groups in total. The van der Waals surface area contributed by atoms with Crippen LogP contribution in [0.3, 0.4) is 0 Å².